The van der Waals surface area contributed by atoms with Crippen LogP contribution in [0.1, 0.15) is 55.6 Å². The Labute approximate surface area is 215 Å². The SMILES string of the molecule is O=C(C[C@@H]1C[C@@H]2c3cc(NC(=O)NC4CCCC4)ccc3O[C@@H]2[C@@H](CO)O1)NCc1ccc(Cl)cc1. The molecule has 36 heavy (non-hydrogen) atoms. The molecule has 3 amide bonds. The van der Waals surface area contributed by atoms with E-state index in [4.69, 9.17) is 21.1 Å². The van der Waals surface area contributed by atoms with Crippen molar-refractivity contribution in [1.29, 1.82) is 0 Å². The zero-order valence-corrected chi connectivity index (χ0v) is 20.8. The van der Waals surface area contributed by atoms with Crippen molar-refractivity contribution >= 4 is 29.2 Å². The third kappa shape index (κ3) is 5.77. The molecule has 5 rings (SSSR count). The van der Waals surface area contributed by atoms with Crippen LogP contribution in [-0.4, -0.2) is 48.0 Å². The summed E-state index contributed by atoms with van der Waals surface area (Å²) in [5.74, 6) is 0.560. The molecule has 0 unspecified atom stereocenters. The summed E-state index contributed by atoms with van der Waals surface area (Å²) in [6, 6.07) is 13.0. The molecule has 1 saturated heterocycles. The molecule has 2 heterocycles. The maximum absolute atomic E-state index is 12.6. The van der Waals surface area contributed by atoms with Crippen molar-refractivity contribution in [2.24, 2.45) is 0 Å². The van der Waals surface area contributed by atoms with Crippen LogP contribution in [0, 0.1) is 0 Å². The van der Waals surface area contributed by atoms with Crippen LogP contribution in [0.5, 0.6) is 5.75 Å². The summed E-state index contributed by atoms with van der Waals surface area (Å²) in [6.07, 6.45) is 3.89. The largest absolute Gasteiger partial charge is 0.487 e. The van der Waals surface area contributed by atoms with E-state index in [1.54, 1.807) is 12.1 Å². The van der Waals surface area contributed by atoms with Crippen LogP contribution in [0.15, 0.2) is 42.5 Å². The molecule has 3 aliphatic rings. The van der Waals surface area contributed by atoms with Gasteiger partial charge in [0.15, 0.2) is 0 Å². The summed E-state index contributed by atoms with van der Waals surface area (Å²) >= 11 is 5.92. The molecule has 4 atom stereocenters. The Morgan fingerprint density at radius 3 is 2.61 bits per heavy atom. The highest BCUT2D eigenvalue weighted by Crippen LogP contribution is 2.47. The number of ether oxygens (including phenoxy) is 2. The average Bonchev–Trinajstić information content (AvgIpc) is 3.51. The molecule has 1 aliphatic carbocycles. The number of amides is 3. The van der Waals surface area contributed by atoms with Crippen molar-refractivity contribution in [2.45, 2.75) is 75.3 Å². The van der Waals surface area contributed by atoms with Crippen molar-refractivity contribution in [3.05, 3.63) is 58.6 Å². The van der Waals surface area contributed by atoms with Crippen LogP contribution in [-0.2, 0) is 16.1 Å². The fraction of sp³-hybridized carbons (Fsp3) is 0.481. The number of hydrogen-bond donors (Lipinski definition) is 4. The van der Waals surface area contributed by atoms with Crippen molar-refractivity contribution in [2.75, 3.05) is 11.9 Å². The van der Waals surface area contributed by atoms with Gasteiger partial charge in [-0.2, -0.15) is 0 Å². The Balaban J connectivity index is 1.21. The number of nitrogens with one attached hydrogen (secondary N) is 3. The lowest BCUT2D eigenvalue weighted by molar-refractivity contribution is -0.142. The van der Waals surface area contributed by atoms with Gasteiger partial charge in [-0.05, 0) is 55.2 Å². The Hall–Kier alpha value is -2.81. The van der Waals surface area contributed by atoms with Gasteiger partial charge < -0.3 is 30.5 Å². The second-order valence-electron chi connectivity index (χ2n) is 9.84. The van der Waals surface area contributed by atoms with Crippen LogP contribution in [0.2, 0.25) is 5.02 Å². The smallest absolute Gasteiger partial charge is 0.319 e. The zero-order valence-electron chi connectivity index (χ0n) is 20.0. The van der Waals surface area contributed by atoms with Crippen LogP contribution in [0.3, 0.4) is 0 Å². The molecule has 8 nitrogen and oxygen atoms in total. The first-order valence-electron chi connectivity index (χ1n) is 12.6. The normalized spacial score (nSPS) is 24.9. The quantitative estimate of drug-likeness (QED) is 0.445. The van der Waals surface area contributed by atoms with Gasteiger partial charge in [-0.3, -0.25) is 4.79 Å². The Morgan fingerprint density at radius 2 is 1.86 bits per heavy atom. The highest BCUT2D eigenvalue weighted by molar-refractivity contribution is 6.30. The fourth-order valence-corrected chi connectivity index (χ4v) is 5.60. The molecule has 0 spiro atoms. The number of aliphatic hydroxyl groups excluding tert-OH is 1. The summed E-state index contributed by atoms with van der Waals surface area (Å²) < 4.78 is 12.2. The molecule has 2 aliphatic heterocycles. The van der Waals surface area contributed by atoms with Crippen molar-refractivity contribution in [1.82, 2.24) is 10.6 Å². The van der Waals surface area contributed by atoms with Gasteiger partial charge in [-0.1, -0.05) is 36.6 Å². The standard InChI is InChI=1S/C27H32ClN3O5/c28-17-7-5-16(6-8-17)14-29-25(33)13-20-12-22-21-11-19(31-27(34)30-18-3-1-2-4-18)9-10-23(21)36-26(22)24(15-32)35-20/h5-11,18,20,22,24,26,32H,1-4,12-15H2,(H,29,33)(H2,30,31,34)/t20-,22+,24+,26-/m0/s1. The summed E-state index contributed by atoms with van der Waals surface area (Å²) in [5.41, 5.74) is 2.62. The summed E-state index contributed by atoms with van der Waals surface area (Å²) in [5, 5.41) is 19.5. The monoisotopic (exact) mass is 513 g/mol. The van der Waals surface area contributed by atoms with Crippen molar-refractivity contribution < 1.29 is 24.2 Å². The second kappa shape index (κ2) is 11.1. The summed E-state index contributed by atoms with van der Waals surface area (Å²) in [4.78, 5) is 25.1. The Morgan fingerprint density at radius 1 is 1.08 bits per heavy atom. The number of rotatable bonds is 7. The van der Waals surface area contributed by atoms with Crippen molar-refractivity contribution in [3.8, 4) is 5.75 Å². The van der Waals surface area contributed by atoms with E-state index in [1.165, 1.54) is 0 Å². The maximum atomic E-state index is 12.6. The van der Waals surface area contributed by atoms with Gasteiger partial charge in [-0.15, -0.1) is 0 Å². The van der Waals surface area contributed by atoms with E-state index in [2.05, 4.69) is 16.0 Å². The number of carbonyl (C=O) groups excluding carboxylic acids is 2. The van der Waals surface area contributed by atoms with E-state index < -0.39 is 6.10 Å². The van der Waals surface area contributed by atoms with E-state index in [9.17, 15) is 14.7 Å². The van der Waals surface area contributed by atoms with E-state index in [-0.39, 0.29) is 49.1 Å². The molecule has 9 heteroatoms. The molecular weight excluding hydrogens is 482 g/mol. The number of halogens is 1. The third-order valence-electron chi connectivity index (χ3n) is 7.26. The minimum atomic E-state index is -0.535. The van der Waals surface area contributed by atoms with E-state index in [0.29, 0.717) is 23.7 Å². The maximum Gasteiger partial charge on any atom is 0.319 e. The predicted octanol–water partition coefficient (Wildman–Crippen LogP) is 4.11. The lowest BCUT2D eigenvalue weighted by atomic mass is 9.84. The molecule has 192 valence electrons. The van der Waals surface area contributed by atoms with Crippen LogP contribution < -0.4 is 20.7 Å². The molecule has 1 saturated carbocycles. The Kier molecular flexibility index (Phi) is 7.65. The number of aliphatic hydroxyl groups is 1. The van der Waals surface area contributed by atoms with Gasteiger partial charge in [-0.25, -0.2) is 4.79 Å². The van der Waals surface area contributed by atoms with Gasteiger partial charge in [0.25, 0.3) is 0 Å². The first-order valence-corrected chi connectivity index (χ1v) is 13.0. The Bertz CT molecular complexity index is 1090. The lowest BCUT2D eigenvalue weighted by Gasteiger charge is -2.37. The van der Waals surface area contributed by atoms with Gasteiger partial charge in [0, 0.05) is 34.8 Å². The average molecular weight is 514 g/mol. The lowest BCUT2D eigenvalue weighted by Crippen LogP contribution is -2.47. The molecule has 2 aromatic carbocycles. The predicted molar refractivity (Wildman–Crippen MR) is 136 cm³/mol. The number of fused-ring (bicyclic) bond motifs is 3. The molecule has 0 aromatic heterocycles. The first-order chi connectivity index (χ1) is 17.5. The molecule has 2 aromatic rings. The van der Waals surface area contributed by atoms with Gasteiger partial charge in [0.05, 0.1) is 19.1 Å². The van der Waals surface area contributed by atoms with E-state index >= 15 is 0 Å². The summed E-state index contributed by atoms with van der Waals surface area (Å²) in [7, 11) is 0. The second-order valence-corrected chi connectivity index (χ2v) is 10.3. The van der Waals surface area contributed by atoms with E-state index in [0.717, 1.165) is 42.6 Å². The van der Waals surface area contributed by atoms with E-state index in [1.807, 2.05) is 30.3 Å². The number of carbonyl (C=O) groups is 2. The fourth-order valence-electron chi connectivity index (χ4n) is 5.47. The van der Waals surface area contributed by atoms with Gasteiger partial charge in [0.2, 0.25) is 5.91 Å². The topological polar surface area (TPSA) is 109 Å². The highest BCUT2D eigenvalue weighted by Gasteiger charge is 2.46. The minimum absolute atomic E-state index is 0.0420. The molecule has 4 N–H and O–H groups in total. The molecular formula is C27H32ClN3O5. The minimum Gasteiger partial charge on any atom is -0.487 e. The van der Waals surface area contributed by atoms with Crippen LogP contribution >= 0.6 is 11.6 Å². The zero-order chi connectivity index (χ0) is 25.1. The number of urea groups is 1. The first kappa shape index (κ1) is 24.9. The van der Waals surface area contributed by atoms with Gasteiger partial charge in [0.1, 0.15) is 18.0 Å². The summed E-state index contributed by atoms with van der Waals surface area (Å²) in [6.45, 7) is 0.203. The molecule has 2 fully saturated rings. The number of hydrogen-bond acceptors (Lipinski definition) is 5. The van der Waals surface area contributed by atoms with Gasteiger partial charge >= 0.3 is 6.03 Å². The highest BCUT2D eigenvalue weighted by atomic mass is 35.5. The van der Waals surface area contributed by atoms with Crippen molar-refractivity contribution in [3.63, 3.8) is 0 Å². The van der Waals surface area contributed by atoms with Crippen LogP contribution in [0.25, 0.3) is 0 Å². The van der Waals surface area contributed by atoms with Crippen LogP contribution in [0.4, 0.5) is 10.5 Å². The molecule has 0 bridgehead atoms. The number of anilines is 1. The third-order valence-corrected chi connectivity index (χ3v) is 7.52. The number of benzene rings is 2. The molecule has 0 radical (unpaired) electrons.